The van der Waals surface area contributed by atoms with Crippen LogP contribution in [0.2, 0.25) is 0 Å². The van der Waals surface area contributed by atoms with Crippen molar-refractivity contribution < 1.29 is 9.53 Å². The van der Waals surface area contributed by atoms with Crippen LogP contribution in [0.1, 0.15) is 48.6 Å². The molecule has 1 unspecified atom stereocenters. The quantitative estimate of drug-likeness (QED) is 0.501. The molecule has 34 heavy (non-hydrogen) atoms. The van der Waals surface area contributed by atoms with Gasteiger partial charge >= 0.3 is 0 Å². The predicted octanol–water partition coefficient (Wildman–Crippen LogP) is 4.68. The lowest BCUT2D eigenvalue weighted by Crippen LogP contribution is -2.48. The average molecular weight is 461 g/mol. The summed E-state index contributed by atoms with van der Waals surface area (Å²) in [4.78, 5) is 20.2. The van der Waals surface area contributed by atoms with Gasteiger partial charge in [0, 0.05) is 36.7 Å². The van der Waals surface area contributed by atoms with Crippen LogP contribution in [0.3, 0.4) is 0 Å². The van der Waals surface area contributed by atoms with E-state index in [1.807, 2.05) is 45.9 Å². The van der Waals surface area contributed by atoms with E-state index >= 15 is 0 Å². The molecule has 0 radical (unpaired) electrons. The molecule has 1 amide bonds. The number of hydrogen-bond acceptors (Lipinski definition) is 5. The van der Waals surface area contributed by atoms with Gasteiger partial charge in [0.15, 0.2) is 6.10 Å². The van der Waals surface area contributed by atoms with Crippen LogP contribution >= 0.6 is 0 Å². The highest BCUT2D eigenvalue weighted by molar-refractivity contribution is 5.81. The average Bonchev–Trinajstić information content (AvgIpc) is 2.85. The van der Waals surface area contributed by atoms with Crippen molar-refractivity contribution in [2.45, 2.75) is 65.6 Å². The van der Waals surface area contributed by atoms with E-state index in [-0.39, 0.29) is 11.9 Å². The SMILES string of the molecule is CCC(Oc1cc(C)c(N)c(C)c1C)C(=O)NC1CCN(Cc2ccc3ccccc3n2)CC1. The van der Waals surface area contributed by atoms with Crippen LogP contribution in [-0.4, -0.2) is 41.0 Å². The molecule has 6 nitrogen and oxygen atoms in total. The largest absolute Gasteiger partial charge is 0.480 e. The van der Waals surface area contributed by atoms with Crippen molar-refractivity contribution in [1.29, 1.82) is 0 Å². The summed E-state index contributed by atoms with van der Waals surface area (Å²) in [5.41, 5.74) is 12.0. The van der Waals surface area contributed by atoms with E-state index in [0.717, 1.165) is 71.8 Å². The molecule has 0 bridgehead atoms. The van der Waals surface area contributed by atoms with E-state index in [1.54, 1.807) is 0 Å². The number of benzene rings is 2. The fourth-order valence-electron chi connectivity index (χ4n) is 4.62. The van der Waals surface area contributed by atoms with Crippen molar-refractivity contribution in [3.8, 4) is 5.75 Å². The van der Waals surface area contributed by atoms with Gasteiger partial charge in [-0.05, 0) is 74.9 Å². The summed E-state index contributed by atoms with van der Waals surface area (Å²) in [5.74, 6) is 0.701. The number of pyridine rings is 1. The summed E-state index contributed by atoms with van der Waals surface area (Å²) in [6, 6.07) is 14.6. The molecule has 1 aromatic heterocycles. The summed E-state index contributed by atoms with van der Waals surface area (Å²) in [6.07, 6.45) is 1.95. The molecule has 1 aliphatic heterocycles. The second-order valence-corrected chi connectivity index (χ2v) is 9.42. The first-order chi connectivity index (χ1) is 16.4. The van der Waals surface area contributed by atoms with Gasteiger partial charge in [0.2, 0.25) is 0 Å². The van der Waals surface area contributed by atoms with E-state index in [0.29, 0.717) is 6.42 Å². The highest BCUT2D eigenvalue weighted by Crippen LogP contribution is 2.30. The molecular formula is C28H36N4O2. The Kier molecular flexibility index (Phi) is 7.37. The normalized spacial score (nSPS) is 15.9. The van der Waals surface area contributed by atoms with Crippen molar-refractivity contribution in [3.05, 3.63) is 64.8 Å². The number of rotatable bonds is 7. The smallest absolute Gasteiger partial charge is 0.261 e. The molecule has 2 heterocycles. The maximum atomic E-state index is 13.0. The fourth-order valence-corrected chi connectivity index (χ4v) is 4.62. The van der Waals surface area contributed by atoms with Gasteiger partial charge in [-0.1, -0.05) is 31.2 Å². The molecular weight excluding hydrogens is 424 g/mol. The summed E-state index contributed by atoms with van der Waals surface area (Å²) >= 11 is 0. The second-order valence-electron chi connectivity index (χ2n) is 9.42. The van der Waals surface area contributed by atoms with Crippen LogP contribution in [-0.2, 0) is 11.3 Å². The first-order valence-corrected chi connectivity index (χ1v) is 12.3. The van der Waals surface area contributed by atoms with Gasteiger partial charge in [0.25, 0.3) is 5.91 Å². The summed E-state index contributed by atoms with van der Waals surface area (Å²) in [6.45, 7) is 10.6. The van der Waals surface area contributed by atoms with Gasteiger partial charge in [-0.2, -0.15) is 0 Å². The first kappa shape index (κ1) is 24.0. The van der Waals surface area contributed by atoms with Gasteiger partial charge < -0.3 is 15.8 Å². The minimum absolute atomic E-state index is 0.0383. The number of amides is 1. The van der Waals surface area contributed by atoms with Crippen molar-refractivity contribution in [2.75, 3.05) is 18.8 Å². The van der Waals surface area contributed by atoms with E-state index in [1.165, 1.54) is 5.39 Å². The van der Waals surface area contributed by atoms with Crippen molar-refractivity contribution in [1.82, 2.24) is 15.2 Å². The highest BCUT2D eigenvalue weighted by Gasteiger charge is 2.26. The standard InChI is InChI=1S/C28H36N4O2/c1-5-25(34-26-16-18(2)27(29)20(4)19(26)3)28(33)31-22-12-14-32(15-13-22)17-23-11-10-21-8-6-7-9-24(21)30-23/h6-11,16,22,25H,5,12-15,17,29H2,1-4H3,(H,31,33). The predicted molar refractivity (Wildman–Crippen MR) is 138 cm³/mol. The molecule has 180 valence electrons. The maximum Gasteiger partial charge on any atom is 0.261 e. The van der Waals surface area contributed by atoms with Crippen LogP contribution in [0.5, 0.6) is 5.75 Å². The molecule has 0 spiro atoms. The Morgan fingerprint density at radius 2 is 1.88 bits per heavy atom. The van der Waals surface area contributed by atoms with Crippen LogP contribution in [0.4, 0.5) is 5.69 Å². The van der Waals surface area contributed by atoms with Gasteiger partial charge in [0.1, 0.15) is 5.75 Å². The number of carbonyl (C=O) groups is 1. The van der Waals surface area contributed by atoms with Crippen LogP contribution in [0, 0.1) is 20.8 Å². The zero-order valence-electron chi connectivity index (χ0n) is 20.7. The van der Waals surface area contributed by atoms with Crippen LogP contribution < -0.4 is 15.8 Å². The van der Waals surface area contributed by atoms with Crippen molar-refractivity contribution in [3.63, 3.8) is 0 Å². The number of para-hydroxylation sites is 1. The minimum atomic E-state index is -0.513. The number of piperidine rings is 1. The number of nitrogens with zero attached hydrogens (tertiary/aromatic N) is 2. The number of nitrogens with one attached hydrogen (secondary N) is 1. The Hall–Kier alpha value is -3.12. The number of anilines is 1. The molecule has 0 aliphatic carbocycles. The molecule has 1 atom stereocenters. The van der Waals surface area contributed by atoms with E-state index in [4.69, 9.17) is 15.5 Å². The molecule has 3 N–H and O–H groups in total. The number of aryl methyl sites for hydroxylation is 1. The number of ether oxygens (including phenoxy) is 1. The number of hydrogen-bond donors (Lipinski definition) is 2. The third kappa shape index (κ3) is 5.33. The minimum Gasteiger partial charge on any atom is -0.480 e. The number of nitrogens with two attached hydrogens (primary N) is 1. The Bertz CT molecular complexity index is 1170. The molecule has 2 aromatic carbocycles. The maximum absolute atomic E-state index is 13.0. The van der Waals surface area contributed by atoms with Gasteiger partial charge in [0.05, 0.1) is 11.2 Å². The van der Waals surface area contributed by atoms with Gasteiger partial charge in [-0.25, -0.2) is 0 Å². The lowest BCUT2D eigenvalue weighted by atomic mass is 10.0. The Morgan fingerprint density at radius 3 is 2.62 bits per heavy atom. The summed E-state index contributed by atoms with van der Waals surface area (Å²) in [7, 11) is 0. The lowest BCUT2D eigenvalue weighted by molar-refractivity contribution is -0.129. The van der Waals surface area contributed by atoms with Gasteiger partial charge in [-0.15, -0.1) is 0 Å². The lowest BCUT2D eigenvalue weighted by Gasteiger charge is -2.33. The van der Waals surface area contributed by atoms with E-state index < -0.39 is 6.10 Å². The molecule has 1 fully saturated rings. The topological polar surface area (TPSA) is 80.5 Å². The molecule has 1 aliphatic rings. The Balaban J connectivity index is 1.31. The third-order valence-corrected chi connectivity index (χ3v) is 7.02. The van der Waals surface area contributed by atoms with Crippen LogP contribution in [0.15, 0.2) is 42.5 Å². The highest BCUT2D eigenvalue weighted by atomic mass is 16.5. The molecule has 3 aromatic rings. The number of aromatic nitrogens is 1. The third-order valence-electron chi connectivity index (χ3n) is 7.02. The van der Waals surface area contributed by atoms with E-state index in [9.17, 15) is 4.79 Å². The first-order valence-electron chi connectivity index (χ1n) is 12.3. The molecule has 0 saturated carbocycles. The van der Waals surface area contributed by atoms with E-state index in [2.05, 4.69) is 34.5 Å². The molecule has 4 rings (SSSR count). The van der Waals surface area contributed by atoms with Crippen molar-refractivity contribution in [2.24, 2.45) is 0 Å². The Labute approximate surface area is 202 Å². The fraction of sp³-hybridized carbons (Fsp3) is 0.429. The number of fused-ring (bicyclic) bond motifs is 1. The van der Waals surface area contributed by atoms with Gasteiger partial charge in [-0.3, -0.25) is 14.7 Å². The zero-order chi connectivity index (χ0) is 24.2. The number of likely N-dealkylation sites (tertiary alicyclic amines) is 1. The van der Waals surface area contributed by atoms with Crippen LogP contribution in [0.25, 0.3) is 10.9 Å². The van der Waals surface area contributed by atoms with Crippen molar-refractivity contribution >= 4 is 22.5 Å². The second kappa shape index (κ2) is 10.4. The number of carbonyl (C=O) groups excluding carboxylic acids is 1. The monoisotopic (exact) mass is 460 g/mol. The molecule has 6 heteroatoms. The number of nitrogen functional groups attached to an aromatic ring is 1. The zero-order valence-corrected chi connectivity index (χ0v) is 20.7. The summed E-state index contributed by atoms with van der Waals surface area (Å²) in [5, 5.41) is 4.39. The summed E-state index contributed by atoms with van der Waals surface area (Å²) < 4.78 is 6.16. The Morgan fingerprint density at radius 1 is 1.15 bits per heavy atom. The molecule has 1 saturated heterocycles.